The van der Waals surface area contributed by atoms with Crippen LogP contribution >= 0.6 is 0 Å². The van der Waals surface area contributed by atoms with E-state index in [9.17, 15) is 4.39 Å². The fourth-order valence-electron chi connectivity index (χ4n) is 2.27. The summed E-state index contributed by atoms with van der Waals surface area (Å²) in [4.78, 5) is 8.97. The maximum Gasteiger partial charge on any atom is 0.225 e. The molecule has 0 spiro atoms. The first-order chi connectivity index (χ1) is 11.1. The molecular weight excluding hydrogens is 295 g/mol. The Hall–Kier alpha value is -2.21. The summed E-state index contributed by atoms with van der Waals surface area (Å²) in [5, 5.41) is 15.5. The van der Waals surface area contributed by atoms with Gasteiger partial charge in [0.15, 0.2) is 0 Å². The Bertz CT molecular complexity index is 658. The summed E-state index contributed by atoms with van der Waals surface area (Å²) in [5.41, 5.74) is 2.01. The average Bonchev–Trinajstić information content (AvgIpc) is 3.39. The van der Waals surface area contributed by atoms with Crippen molar-refractivity contribution in [3.05, 3.63) is 47.4 Å². The molecule has 1 aliphatic rings. The minimum absolute atomic E-state index is 0.0232. The number of anilines is 2. The van der Waals surface area contributed by atoms with Gasteiger partial charge in [0.05, 0.1) is 12.3 Å². The number of aliphatic hydroxyl groups excluding tert-OH is 1. The maximum atomic E-state index is 12.9. The van der Waals surface area contributed by atoms with Crippen LogP contribution in [-0.4, -0.2) is 27.7 Å². The predicted molar refractivity (Wildman–Crippen MR) is 87.9 cm³/mol. The van der Waals surface area contributed by atoms with Crippen molar-refractivity contribution in [1.29, 1.82) is 0 Å². The van der Waals surface area contributed by atoms with E-state index in [0.717, 1.165) is 29.9 Å². The second-order valence-corrected chi connectivity index (χ2v) is 5.98. The Kier molecular flexibility index (Phi) is 4.71. The van der Waals surface area contributed by atoms with Crippen molar-refractivity contribution in [2.45, 2.75) is 38.3 Å². The summed E-state index contributed by atoms with van der Waals surface area (Å²) in [5.74, 6) is 1.53. The van der Waals surface area contributed by atoms with Crippen LogP contribution in [0.5, 0.6) is 0 Å². The van der Waals surface area contributed by atoms with Crippen LogP contribution < -0.4 is 10.6 Å². The first-order valence-electron chi connectivity index (χ1n) is 7.88. The molecule has 122 valence electrons. The van der Waals surface area contributed by atoms with Crippen LogP contribution in [0.15, 0.2) is 30.3 Å². The van der Waals surface area contributed by atoms with E-state index in [0.29, 0.717) is 18.4 Å². The summed E-state index contributed by atoms with van der Waals surface area (Å²) in [6.45, 7) is 2.46. The second-order valence-electron chi connectivity index (χ2n) is 5.98. The lowest BCUT2D eigenvalue weighted by Crippen LogP contribution is -2.21. The lowest BCUT2D eigenvalue weighted by atomic mass is 10.2. The van der Waals surface area contributed by atoms with Gasteiger partial charge in [0.25, 0.3) is 0 Å². The molecule has 1 aromatic heterocycles. The van der Waals surface area contributed by atoms with Crippen molar-refractivity contribution in [3.63, 3.8) is 0 Å². The zero-order valence-electron chi connectivity index (χ0n) is 13.1. The summed E-state index contributed by atoms with van der Waals surface area (Å²) in [7, 11) is 0. The van der Waals surface area contributed by atoms with E-state index in [1.165, 1.54) is 12.1 Å². The molecule has 0 radical (unpaired) electrons. The predicted octanol–water partition coefficient (Wildman–Crippen LogP) is 2.90. The zero-order valence-corrected chi connectivity index (χ0v) is 13.1. The molecule has 6 heteroatoms. The van der Waals surface area contributed by atoms with Crippen LogP contribution in [0, 0.1) is 5.82 Å². The van der Waals surface area contributed by atoms with E-state index >= 15 is 0 Å². The number of rotatable bonds is 7. The minimum Gasteiger partial charge on any atom is -0.394 e. The molecule has 0 saturated heterocycles. The molecule has 2 aromatic rings. The fourth-order valence-corrected chi connectivity index (χ4v) is 2.27. The van der Waals surface area contributed by atoms with Crippen LogP contribution in [-0.2, 0) is 6.54 Å². The quantitative estimate of drug-likeness (QED) is 0.733. The largest absolute Gasteiger partial charge is 0.394 e. The number of halogens is 1. The molecule has 0 unspecified atom stereocenters. The Balaban J connectivity index is 1.73. The van der Waals surface area contributed by atoms with Crippen LogP contribution in [0.2, 0.25) is 0 Å². The van der Waals surface area contributed by atoms with Gasteiger partial charge in [-0.3, -0.25) is 0 Å². The summed E-state index contributed by atoms with van der Waals surface area (Å²) in [6.07, 6.45) is 2.31. The summed E-state index contributed by atoms with van der Waals surface area (Å²) in [6, 6.07) is 8.26. The van der Waals surface area contributed by atoms with Gasteiger partial charge in [-0.25, -0.2) is 9.37 Å². The van der Waals surface area contributed by atoms with Gasteiger partial charge < -0.3 is 15.7 Å². The third-order valence-corrected chi connectivity index (χ3v) is 3.78. The van der Waals surface area contributed by atoms with E-state index < -0.39 is 0 Å². The van der Waals surface area contributed by atoms with Gasteiger partial charge in [0.1, 0.15) is 11.6 Å². The molecule has 23 heavy (non-hydrogen) atoms. The van der Waals surface area contributed by atoms with E-state index in [1.54, 1.807) is 12.1 Å². The molecule has 1 fully saturated rings. The highest BCUT2D eigenvalue weighted by molar-refractivity contribution is 5.45. The van der Waals surface area contributed by atoms with Gasteiger partial charge in [-0.1, -0.05) is 12.1 Å². The number of nitrogens with zero attached hydrogens (tertiary/aromatic N) is 2. The Morgan fingerprint density at radius 1 is 1.26 bits per heavy atom. The number of hydrogen-bond donors (Lipinski definition) is 3. The van der Waals surface area contributed by atoms with E-state index in [4.69, 9.17) is 5.11 Å². The fraction of sp³-hybridized carbons (Fsp3) is 0.412. The number of nitrogens with one attached hydrogen (secondary N) is 2. The van der Waals surface area contributed by atoms with Gasteiger partial charge in [0, 0.05) is 24.6 Å². The molecule has 1 heterocycles. The van der Waals surface area contributed by atoms with Gasteiger partial charge in [-0.15, -0.1) is 0 Å². The standard InChI is InChI=1S/C17H21FN4O/c1-11(10-23)20-17-21-15(13-4-5-13)8-16(22-17)19-9-12-2-6-14(18)7-3-12/h2-3,6-8,11,13,23H,4-5,9-10H2,1H3,(H2,19,20,21,22)/t11-/m0/s1. The van der Waals surface area contributed by atoms with Crippen molar-refractivity contribution < 1.29 is 9.50 Å². The zero-order chi connectivity index (χ0) is 16.2. The molecule has 1 aromatic carbocycles. The van der Waals surface area contributed by atoms with Gasteiger partial charge in [-0.05, 0) is 37.5 Å². The Labute approximate surface area is 135 Å². The lowest BCUT2D eigenvalue weighted by Gasteiger charge is -2.14. The number of aliphatic hydroxyl groups is 1. The maximum absolute atomic E-state index is 12.9. The van der Waals surface area contributed by atoms with Crippen LogP contribution in [0.25, 0.3) is 0 Å². The van der Waals surface area contributed by atoms with E-state index in [-0.39, 0.29) is 18.5 Å². The van der Waals surface area contributed by atoms with Crippen LogP contribution in [0.1, 0.15) is 36.9 Å². The Morgan fingerprint density at radius 2 is 2.00 bits per heavy atom. The van der Waals surface area contributed by atoms with E-state index in [2.05, 4.69) is 20.6 Å². The highest BCUT2D eigenvalue weighted by atomic mass is 19.1. The van der Waals surface area contributed by atoms with Crippen molar-refractivity contribution in [3.8, 4) is 0 Å². The van der Waals surface area contributed by atoms with Gasteiger partial charge in [-0.2, -0.15) is 4.98 Å². The van der Waals surface area contributed by atoms with Gasteiger partial charge in [0.2, 0.25) is 5.95 Å². The van der Waals surface area contributed by atoms with E-state index in [1.807, 2.05) is 13.0 Å². The SMILES string of the molecule is C[C@@H](CO)Nc1nc(NCc2ccc(F)cc2)cc(C2CC2)n1. The average molecular weight is 316 g/mol. The lowest BCUT2D eigenvalue weighted by molar-refractivity contribution is 0.281. The molecule has 1 saturated carbocycles. The monoisotopic (exact) mass is 316 g/mol. The molecule has 3 N–H and O–H groups in total. The van der Waals surface area contributed by atoms with Crippen LogP contribution in [0.3, 0.4) is 0 Å². The molecule has 1 aliphatic carbocycles. The molecule has 0 aliphatic heterocycles. The smallest absolute Gasteiger partial charge is 0.225 e. The summed E-state index contributed by atoms with van der Waals surface area (Å²) < 4.78 is 12.9. The topological polar surface area (TPSA) is 70.1 Å². The normalized spacial score (nSPS) is 15.3. The molecule has 1 atom stereocenters. The highest BCUT2D eigenvalue weighted by Crippen LogP contribution is 2.39. The molecule has 3 rings (SSSR count). The first-order valence-corrected chi connectivity index (χ1v) is 7.88. The van der Waals surface area contributed by atoms with Crippen molar-refractivity contribution in [1.82, 2.24) is 9.97 Å². The molecule has 5 nitrogen and oxygen atoms in total. The highest BCUT2D eigenvalue weighted by Gasteiger charge is 2.26. The van der Waals surface area contributed by atoms with Gasteiger partial charge >= 0.3 is 0 Å². The third-order valence-electron chi connectivity index (χ3n) is 3.78. The van der Waals surface area contributed by atoms with Crippen molar-refractivity contribution in [2.75, 3.05) is 17.2 Å². The number of hydrogen-bond acceptors (Lipinski definition) is 5. The molecule has 0 amide bonds. The van der Waals surface area contributed by atoms with Crippen LogP contribution in [0.4, 0.5) is 16.2 Å². The first kappa shape index (κ1) is 15.7. The number of aromatic nitrogens is 2. The third kappa shape index (κ3) is 4.39. The Morgan fingerprint density at radius 3 is 2.65 bits per heavy atom. The number of benzene rings is 1. The molecule has 0 bridgehead atoms. The van der Waals surface area contributed by atoms with Crippen molar-refractivity contribution in [2.24, 2.45) is 0 Å². The van der Waals surface area contributed by atoms with Crippen molar-refractivity contribution >= 4 is 11.8 Å². The minimum atomic E-state index is -0.240. The molecular formula is C17H21FN4O. The summed E-state index contributed by atoms with van der Waals surface area (Å²) >= 11 is 0. The second kappa shape index (κ2) is 6.91.